The number of likely N-dealkylation sites (N-methyl/N-ethyl adjacent to an activating group) is 1. The fourth-order valence-electron chi connectivity index (χ4n) is 3.66. The third kappa shape index (κ3) is 5.57. The highest BCUT2D eigenvalue weighted by Gasteiger charge is 2.29. The highest BCUT2D eigenvalue weighted by molar-refractivity contribution is 5.97. The van der Waals surface area contributed by atoms with E-state index in [9.17, 15) is 14.4 Å². The number of carbonyl (C=O) groups excluding carboxylic acids is 3. The number of ether oxygens (including phenoxy) is 2. The number of benzene rings is 2. The minimum absolute atomic E-state index is 0.0479. The van der Waals surface area contributed by atoms with Crippen molar-refractivity contribution in [1.29, 1.82) is 0 Å². The van der Waals surface area contributed by atoms with Crippen LogP contribution in [0.5, 0.6) is 5.75 Å². The second-order valence-corrected chi connectivity index (χ2v) is 7.56. The number of fused-ring (bicyclic) bond motifs is 1. The number of nitrogens with zero attached hydrogens (tertiary/aromatic N) is 2. The van der Waals surface area contributed by atoms with Crippen LogP contribution in [0.3, 0.4) is 0 Å². The molecule has 2 aromatic carbocycles. The molecule has 170 valence electrons. The number of carbonyl (C=O) groups is 3. The molecule has 0 saturated carbocycles. The van der Waals surface area contributed by atoms with Crippen molar-refractivity contribution in [3.8, 4) is 5.75 Å². The Hall–Kier alpha value is -3.55. The molecular weight excluding hydrogens is 410 g/mol. The molecular formula is C24H29N3O5. The SMILES string of the molecule is CCNC(=O)OC1CCN(C(=O)Cc2ccc(OC)cc2)CC(=O)N(C)c2ccccc21. The van der Waals surface area contributed by atoms with Crippen molar-refractivity contribution in [1.82, 2.24) is 10.2 Å². The second kappa shape index (κ2) is 10.7. The third-order valence-corrected chi connectivity index (χ3v) is 5.44. The highest BCUT2D eigenvalue weighted by Crippen LogP contribution is 2.32. The standard InChI is InChI=1S/C24H29N3O5/c1-4-25-24(30)32-21-13-14-27(22(28)15-17-9-11-18(31-3)12-10-17)16-23(29)26(2)20-8-6-5-7-19(20)21/h5-12,21H,4,13-16H2,1-3H3,(H,25,30). The van der Waals surface area contributed by atoms with Gasteiger partial charge in [-0.2, -0.15) is 0 Å². The number of amides is 3. The molecule has 0 saturated heterocycles. The number of rotatable bonds is 5. The maximum Gasteiger partial charge on any atom is 0.407 e. The Morgan fingerprint density at radius 3 is 2.53 bits per heavy atom. The molecule has 1 aliphatic heterocycles. The van der Waals surface area contributed by atoms with E-state index in [2.05, 4.69) is 5.32 Å². The summed E-state index contributed by atoms with van der Waals surface area (Å²) in [6.45, 7) is 2.49. The quantitative estimate of drug-likeness (QED) is 0.774. The van der Waals surface area contributed by atoms with Crippen LogP contribution in [0.4, 0.5) is 10.5 Å². The lowest BCUT2D eigenvalue weighted by atomic mass is 10.0. The Kier molecular flexibility index (Phi) is 7.70. The van der Waals surface area contributed by atoms with Crippen molar-refractivity contribution in [2.24, 2.45) is 0 Å². The summed E-state index contributed by atoms with van der Waals surface area (Å²) in [6.07, 6.45) is -0.585. The average Bonchev–Trinajstić information content (AvgIpc) is 2.84. The monoisotopic (exact) mass is 439 g/mol. The number of methoxy groups -OCH3 is 1. The van der Waals surface area contributed by atoms with E-state index in [1.165, 1.54) is 9.80 Å². The van der Waals surface area contributed by atoms with Crippen molar-refractivity contribution in [3.05, 3.63) is 59.7 Å². The number of hydrogen-bond acceptors (Lipinski definition) is 5. The van der Waals surface area contributed by atoms with Crippen LogP contribution in [0.2, 0.25) is 0 Å². The molecule has 3 rings (SSSR count). The number of alkyl carbamates (subject to hydrolysis) is 1. The first-order valence-electron chi connectivity index (χ1n) is 10.6. The minimum Gasteiger partial charge on any atom is -0.497 e. The van der Waals surface area contributed by atoms with Crippen molar-refractivity contribution < 1.29 is 23.9 Å². The number of anilines is 1. The molecule has 8 heteroatoms. The Morgan fingerprint density at radius 1 is 1.12 bits per heavy atom. The molecule has 32 heavy (non-hydrogen) atoms. The number of hydrogen-bond donors (Lipinski definition) is 1. The summed E-state index contributed by atoms with van der Waals surface area (Å²) in [6, 6.07) is 14.6. The van der Waals surface area contributed by atoms with E-state index in [0.29, 0.717) is 24.4 Å². The van der Waals surface area contributed by atoms with E-state index in [0.717, 1.165) is 11.1 Å². The van der Waals surface area contributed by atoms with Gasteiger partial charge in [0.05, 0.1) is 19.2 Å². The minimum atomic E-state index is -0.595. The van der Waals surface area contributed by atoms with E-state index in [4.69, 9.17) is 9.47 Å². The van der Waals surface area contributed by atoms with Crippen LogP contribution in [-0.2, 0) is 20.7 Å². The van der Waals surface area contributed by atoms with Gasteiger partial charge in [-0.15, -0.1) is 0 Å². The number of nitrogens with one attached hydrogen (secondary N) is 1. The van der Waals surface area contributed by atoms with E-state index in [1.807, 2.05) is 43.3 Å². The summed E-state index contributed by atoms with van der Waals surface area (Å²) in [5.41, 5.74) is 2.23. The molecule has 2 aromatic rings. The number of para-hydroxylation sites is 1. The molecule has 0 bridgehead atoms. The summed E-state index contributed by atoms with van der Waals surface area (Å²) >= 11 is 0. The zero-order valence-corrected chi connectivity index (χ0v) is 18.7. The van der Waals surface area contributed by atoms with Gasteiger partial charge in [-0.25, -0.2) is 4.79 Å². The smallest absolute Gasteiger partial charge is 0.407 e. The summed E-state index contributed by atoms with van der Waals surface area (Å²) in [5, 5.41) is 2.64. The molecule has 0 fully saturated rings. The van der Waals surface area contributed by atoms with Gasteiger partial charge in [-0.05, 0) is 30.7 Å². The topological polar surface area (TPSA) is 88.2 Å². The van der Waals surface area contributed by atoms with Gasteiger partial charge in [-0.1, -0.05) is 30.3 Å². The van der Waals surface area contributed by atoms with Crippen molar-refractivity contribution in [2.75, 3.05) is 38.7 Å². The van der Waals surface area contributed by atoms with Crippen LogP contribution in [0.15, 0.2) is 48.5 Å². The first kappa shape index (κ1) is 23.1. The summed E-state index contributed by atoms with van der Waals surface area (Å²) in [7, 11) is 3.25. The molecule has 0 spiro atoms. The molecule has 0 aromatic heterocycles. The van der Waals surface area contributed by atoms with E-state index in [1.54, 1.807) is 26.3 Å². The van der Waals surface area contributed by atoms with Crippen LogP contribution in [0, 0.1) is 0 Å². The lowest BCUT2D eigenvalue weighted by Crippen LogP contribution is -2.42. The van der Waals surface area contributed by atoms with E-state index >= 15 is 0 Å². The Balaban J connectivity index is 1.83. The Labute approximate surface area is 188 Å². The lowest BCUT2D eigenvalue weighted by molar-refractivity contribution is -0.134. The Morgan fingerprint density at radius 2 is 1.84 bits per heavy atom. The van der Waals surface area contributed by atoms with E-state index < -0.39 is 12.2 Å². The molecule has 1 heterocycles. The van der Waals surface area contributed by atoms with Crippen molar-refractivity contribution in [2.45, 2.75) is 25.9 Å². The normalized spacial score (nSPS) is 16.3. The summed E-state index contributed by atoms with van der Waals surface area (Å²) < 4.78 is 10.8. The van der Waals surface area contributed by atoms with Gasteiger partial charge in [0.1, 0.15) is 18.4 Å². The van der Waals surface area contributed by atoms with Gasteiger partial charge in [0.15, 0.2) is 0 Å². The molecule has 1 unspecified atom stereocenters. The summed E-state index contributed by atoms with van der Waals surface area (Å²) in [5.74, 6) is 0.336. The van der Waals surface area contributed by atoms with Crippen molar-refractivity contribution >= 4 is 23.6 Å². The molecule has 0 aliphatic carbocycles. The maximum absolute atomic E-state index is 13.1. The first-order valence-corrected chi connectivity index (χ1v) is 10.6. The zero-order valence-electron chi connectivity index (χ0n) is 18.7. The van der Waals surface area contributed by atoms with Gasteiger partial charge >= 0.3 is 6.09 Å². The summed E-state index contributed by atoms with van der Waals surface area (Å²) in [4.78, 5) is 41.2. The van der Waals surface area contributed by atoms with Crippen LogP contribution in [-0.4, -0.2) is 56.6 Å². The molecule has 0 radical (unpaired) electrons. The van der Waals surface area contributed by atoms with E-state index in [-0.39, 0.29) is 31.3 Å². The van der Waals surface area contributed by atoms with Crippen LogP contribution >= 0.6 is 0 Å². The largest absolute Gasteiger partial charge is 0.497 e. The maximum atomic E-state index is 13.1. The molecule has 1 aliphatic rings. The highest BCUT2D eigenvalue weighted by atomic mass is 16.6. The third-order valence-electron chi connectivity index (χ3n) is 5.44. The average molecular weight is 440 g/mol. The second-order valence-electron chi connectivity index (χ2n) is 7.56. The molecule has 1 N–H and O–H groups in total. The van der Waals surface area contributed by atoms with Gasteiger partial charge in [0.25, 0.3) is 0 Å². The van der Waals surface area contributed by atoms with Gasteiger partial charge < -0.3 is 24.6 Å². The van der Waals surface area contributed by atoms with Gasteiger partial charge in [0, 0.05) is 32.1 Å². The predicted molar refractivity (Wildman–Crippen MR) is 121 cm³/mol. The fraction of sp³-hybridized carbons (Fsp3) is 0.375. The molecule has 8 nitrogen and oxygen atoms in total. The predicted octanol–water partition coefficient (Wildman–Crippen LogP) is 2.92. The van der Waals surface area contributed by atoms with Gasteiger partial charge in [-0.3, -0.25) is 9.59 Å². The van der Waals surface area contributed by atoms with Gasteiger partial charge in [0.2, 0.25) is 11.8 Å². The van der Waals surface area contributed by atoms with Crippen LogP contribution in [0.1, 0.15) is 30.6 Å². The first-order chi connectivity index (χ1) is 15.4. The Bertz CT molecular complexity index is 960. The molecule has 1 atom stereocenters. The van der Waals surface area contributed by atoms with Crippen LogP contribution in [0.25, 0.3) is 0 Å². The van der Waals surface area contributed by atoms with Crippen LogP contribution < -0.4 is 15.0 Å². The lowest BCUT2D eigenvalue weighted by Gasteiger charge is -2.24. The molecule has 3 amide bonds. The zero-order chi connectivity index (χ0) is 23.1. The fourth-order valence-corrected chi connectivity index (χ4v) is 3.66. The van der Waals surface area contributed by atoms with Crippen molar-refractivity contribution in [3.63, 3.8) is 0 Å².